The number of hydrogen-bond donors (Lipinski definition) is 1. The second-order valence-electron chi connectivity index (χ2n) is 5.84. The number of urea groups is 1. The smallest absolute Gasteiger partial charge is 0.335 e. The molecule has 2 aromatic rings. The van der Waals surface area contributed by atoms with Crippen molar-refractivity contribution in [1.29, 1.82) is 0 Å². The second kappa shape index (κ2) is 6.87. The van der Waals surface area contributed by atoms with Crippen molar-refractivity contribution in [2.24, 2.45) is 7.05 Å². The van der Waals surface area contributed by atoms with Gasteiger partial charge in [0.15, 0.2) is 0 Å². The van der Waals surface area contributed by atoms with E-state index in [0.717, 1.165) is 10.6 Å². The molecule has 0 bridgehead atoms. The van der Waals surface area contributed by atoms with Crippen LogP contribution in [0, 0.1) is 6.92 Å². The molecule has 0 unspecified atom stereocenters. The predicted octanol–water partition coefficient (Wildman–Crippen LogP) is 2.40. The van der Waals surface area contributed by atoms with Crippen LogP contribution in [0.4, 0.5) is 10.5 Å². The maximum atomic E-state index is 12.8. The lowest BCUT2D eigenvalue weighted by molar-refractivity contribution is -0.122. The first kappa shape index (κ1) is 17.5. The molecule has 26 heavy (non-hydrogen) atoms. The molecule has 7 nitrogen and oxygen atoms in total. The molecule has 3 rings (SSSR count). The van der Waals surface area contributed by atoms with Crippen molar-refractivity contribution >= 4 is 29.6 Å². The third-order valence-electron chi connectivity index (χ3n) is 4.21. The monoisotopic (exact) mass is 353 g/mol. The summed E-state index contributed by atoms with van der Waals surface area (Å²) in [6.07, 6.45) is 1.48. The number of aromatic nitrogens is 1. The summed E-state index contributed by atoms with van der Waals surface area (Å²) in [5.74, 6) is -0.741. The number of carbonyl (C=O) groups excluding carboxylic acids is 3. The van der Waals surface area contributed by atoms with Gasteiger partial charge in [-0.05, 0) is 56.3 Å². The number of aryl methyl sites for hydroxylation is 1. The lowest BCUT2D eigenvalue weighted by Gasteiger charge is -2.26. The lowest BCUT2D eigenvalue weighted by atomic mass is 10.1. The van der Waals surface area contributed by atoms with Crippen molar-refractivity contribution in [3.63, 3.8) is 0 Å². The van der Waals surface area contributed by atoms with E-state index in [1.807, 2.05) is 31.5 Å². The molecule has 1 aromatic heterocycles. The van der Waals surface area contributed by atoms with E-state index in [-0.39, 0.29) is 5.57 Å². The molecule has 2 heterocycles. The van der Waals surface area contributed by atoms with Gasteiger partial charge in [-0.15, -0.1) is 0 Å². The summed E-state index contributed by atoms with van der Waals surface area (Å²) in [6, 6.07) is 9.45. The number of nitrogens with zero attached hydrogens (tertiary/aromatic N) is 2. The maximum Gasteiger partial charge on any atom is 0.335 e. The van der Waals surface area contributed by atoms with E-state index in [9.17, 15) is 14.4 Å². The zero-order valence-electron chi connectivity index (χ0n) is 14.8. The van der Waals surface area contributed by atoms with Gasteiger partial charge in [0, 0.05) is 18.4 Å². The van der Waals surface area contributed by atoms with Crippen molar-refractivity contribution in [2.75, 3.05) is 11.5 Å². The van der Waals surface area contributed by atoms with Crippen LogP contribution in [0.25, 0.3) is 6.08 Å². The van der Waals surface area contributed by atoms with Crippen LogP contribution < -0.4 is 15.0 Å². The summed E-state index contributed by atoms with van der Waals surface area (Å²) < 4.78 is 7.21. The quantitative estimate of drug-likeness (QED) is 0.676. The number of amides is 4. The fraction of sp³-hybridized carbons (Fsp3) is 0.211. The Morgan fingerprint density at radius 2 is 1.77 bits per heavy atom. The van der Waals surface area contributed by atoms with Crippen molar-refractivity contribution in [3.8, 4) is 5.75 Å². The van der Waals surface area contributed by atoms with Crippen molar-refractivity contribution in [3.05, 3.63) is 53.4 Å². The van der Waals surface area contributed by atoms with Gasteiger partial charge in [0.2, 0.25) is 0 Å². The van der Waals surface area contributed by atoms with Gasteiger partial charge in [0.05, 0.1) is 12.3 Å². The highest BCUT2D eigenvalue weighted by Gasteiger charge is 2.36. The largest absolute Gasteiger partial charge is 0.494 e. The normalized spacial score (nSPS) is 16.2. The average Bonchev–Trinajstić information content (AvgIpc) is 2.92. The van der Waals surface area contributed by atoms with E-state index >= 15 is 0 Å². The first-order valence-electron chi connectivity index (χ1n) is 8.19. The van der Waals surface area contributed by atoms with Crippen molar-refractivity contribution in [2.45, 2.75) is 13.8 Å². The molecule has 0 radical (unpaired) electrons. The van der Waals surface area contributed by atoms with Gasteiger partial charge < -0.3 is 9.30 Å². The topological polar surface area (TPSA) is 80.6 Å². The zero-order chi connectivity index (χ0) is 18.8. The van der Waals surface area contributed by atoms with E-state index in [2.05, 4.69) is 5.32 Å². The van der Waals surface area contributed by atoms with Crippen LogP contribution in [0.3, 0.4) is 0 Å². The zero-order valence-corrected chi connectivity index (χ0v) is 14.8. The van der Waals surface area contributed by atoms with Crippen LogP contribution in [0.1, 0.15) is 18.3 Å². The minimum Gasteiger partial charge on any atom is -0.494 e. The van der Waals surface area contributed by atoms with E-state index in [4.69, 9.17) is 4.74 Å². The molecule has 4 amide bonds. The molecule has 1 aromatic carbocycles. The number of nitrogens with one attached hydrogen (secondary N) is 1. The number of benzene rings is 1. The number of imide groups is 2. The summed E-state index contributed by atoms with van der Waals surface area (Å²) in [6.45, 7) is 4.30. The van der Waals surface area contributed by atoms with Crippen molar-refractivity contribution < 1.29 is 19.1 Å². The Labute approximate surface area is 150 Å². The van der Waals surface area contributed by atoms with Gasteiger partial charge in [-0.2, -0.15) is 0 Å². The molecule has 7 heteroatoms. The first-order chi connectivity index (χ1) is 12.4. The molecule has 1 N–H and O–H groups in total. The van der Waals surface area contributed by atoms with Crippen LogP contribution >= 0.6 is 0 Å². The molecule has 1 fully saturated rings. The number of ether oxygens (including phenoxy) is 1. The molecule has 1 aliphatic rings. The minimum atomic E-state index is -0.774. The first-order valence-corrected chi connectivity index (χ1v) is 8.19. The standard InChI is InChI=1S/C19H19N3O4/c1-4-26-15-9-7-13(8-10-15)22-18(24)16(17(23)20-19(22)25)11-14-6-5-12(2)21(14)3/h5-11H,4H2,1-3H3,(H,20,23,25)/b16-11+. The van der Waals surface area contributed by atoms with E-state index in [1.165, 1.54) is 6.08 Å². The molecule has 1 aliphatic heterocycles. The van der Waals surface area contributed by atoms with E-state index in [1.54, 1.807) is 30.3 Å². The number of rotatable bonds is 4. The Kier molecular flexibility index (Phi) is 4.62. The molecule has 0 saturated carbocycles. The number of hydrogen-bond acceptors (Lipinski definition) is 4. The fourth-order valence-corrected chi connectivity index (χ4v) is 2.68. The van der Waals surface area contributed by atoms with Gasteiger partial charge >= 0.3 is 6.03 Å². The average molecular weight is 353 g/mol. The summed E-state index contributed by atoms with van der Waals surface area (Å²) in [4.78, 5) is 38.1. The van der Waals surface area contributed by atoms with Gasteiger partial charge in [0.1, 0.15) is 11.3 Å². The fourth-order valence-electron chi connectivity index (χ4n) is 2.68. The van der Waals surface area contributed by atoms with Crippen LogP contribution in [-0.2, 0) is 16.6 Å². The molecule has 134 valence electrons. The number of anilines is 1. The van der Waals surface area contributed by atoms with Crippen molar-refractivity contribution in [1.82, 2.24) is 9.88 Å². The Bertz CT molecular complexity index is 909. The highest BCUT2D eigenvalue weighted by atomic mass is 16.5. The Balaban J connectivity index is 1.96. The molecule has 0 spiro atoms. The van der Waals surface area contributed by atoms with Gasteiger partial charge in [-0.1, -0.05) is 0 Å². The highest BCUT2D eigenvalue weighted by molar-refractivity contribution is 6.39. The summed E-state index contributed by atoms with van der Waals surface area (Å²) in [5, 5.41) is 2.21. The highest BCUT2D eigenvalue weighted by Crippen LogP contribution is 2.24. The van der Waals surface area contributed by atoms with Crippen LogP contribution in [-0.4, -0.2) is 29.0 Å². The van der Waals surface area contributed by atoms with E-state index in [0.29, 0.717) is 23.7 Å². The third-order valence-corrected chi connectivity index (χ3v) is 4.21. The van der Waals surface area contributed by atoms with Crippen LogP contribution in [0.2, 0.25) is 0 Å². The molecule has 1 saturated heterocycles. The van der Waals surface area contributed by atoms with Gasteiger partial charge in [-0.3, -0.25) is 14.9 Å². The molecule has 0 aliphatic carbocycles. The minimum absolute atomic E-state index is 0.0975. The Hall–Kier alpha value is -3.35. The third kappa shape index (κ3) is 3.11. The predicted molar refractivity (Wildman–Crippen MR) is 96.8 cm³/mol. The Morgan fingerprint density at radius 1 is 1.08 bits per heavy atom. The lowest BCUT2D eigenvalue weighted by Crippen LogP contribution is -2.54. The maximum absolute atomic E-state index is 12.8. The SMILES string of the molecule is CCOc1ccc(N2C(=O)NC(=O)/C(=C\c3ccc(C)n3C)C2=O)cc1. The summed E-state index contributed by atoms with van der Waals surface area (Å²) in [7, 11) is 1.84. The van der Waals surface area contributed by atoms with Crippen LogP contribution in [0.5, 0.6) is 5.75 Å². The molecular weight excluding hydrogens is 334 g/mol. The molecular formula is C19H19N3O4. The van der Waals surface area contributed by atoms with Gasteiger partial charge in [0.25, 0.3) is 11.8 Å². The number of carbonyl (C=O) groups is 3. The Morgan fingerprint density at radius 3 is 2.35 bits per heavy atom. The van der Waals surface area contributed by atoms with Crippen LogP contribution in [0.15, 0.2) is 42.0 Å². The second-order valence-corrected chi connectivity index (χ2v) is 5.84. The summed E-state index contributed by atoms with van der Waals surface area (Å²) in [5.41, 5.74) is 1.94. The summed E-state index contributed by atoms with van der Waals surface area (Å²) >= 11 is 0. The molecule has 0 atom stereocenters. The van der Waals surface area contributed by atoms with Gasteiger partial charge in [-0.25, -0.2) is 9.69 Å². The number of barbiturate groups is 1. The van der Waals surface area contributed by atoms with E-state index < -0.39 is 17.8 Å².